The first-order valence-electron chi connectivity index (χ1n) is 7.89. The van der Waals surface area contributed by atoms with Crippen LogP contribution < -0.4 is 0 Å². The Morgan fingerprint density at radius 3 is 2.86 bits per heavy atom. The smallest absolute Gasteiger partial charge is 0.272 e. The van der Waals surface area contributed by atoms with Crippen LogP contribution in [0.1, 0.15) is 23.3 Å². The van der Waals surface area contributed by atoms with Crippen molar-refractivity contribution < 1.29 is 4.79 Å². The fraction of sp³-hybridized carbons (Fsp3) is 0.471. The molecule has 2 atom stereocenters. The molecule has 116 valence electrons. The molecule has 3 aliphatic heterocycles. The number of benzene rings is 1. The standard InChI is InChI=1S/C17H20ClN3O/c1-20-8-11-6-7-12(10-20)21(9-11)17(22)16-15(18)13-4-2-3-5-14(13)19-16/h2-5,11-12,19H,6-10H2,1H3/t11-,12+/m1/s1. The van der Waals surface area contributed by atoms with Gasteiger partial charge < -0.3 is 14.8 Å². The lowest BCUT2D eigenvalue weighted by molar-refractivity contribution is 0.0582. The quantitative estimate of drug-likeness (QED) is 0.878. The molecule has 0 unspecified atom stereocenters. The van der Waals surface area contributed by atoms with Crippen LogP contribution in [0.4, 0.5) is 0 Å². The number of aromatic nitrogens is 1. The number of rotatable bonds is 1. The molecular weight excluding hydrogens is 298 g/mol. The summed E-state index contributed by atoms with van der Waals surface area (Å²) >= 11 is 6.45. The maximum atomic E-state index is 13.0. The van der Waals surface area contributed by atoms with E-state index in [1.54, 1.807) is 0 Å². The first kappa shape index (κ1) is 14.1. The van der Waals surface area contributed by atoms with Crippen molar-refractivity contribution in [3.8, 4) is 0 Å². The third-order valence-corrected chi connectivity index (χ3v) is 5.41. The molecule has 2 aromatic rings. The molecule has 2 bridgehead atoms. The Balaban J connectivity index is 1.70. The molecule has 5 heteroatoms. The van der Waals surface area contributed by atoms with Crippen molar-refractivity contribution in [2.75, 3.05) is 26.7 Å². The van der Waals surface area contributed by atoms with Gasteiger partial charge in [0.05, 0.1) is 5.02 Å². The summed E-state index contributed by atoms with van der Waals surface area (Å²) in [4.78, 5) is 20.6. The zero-order valence-electron chi connectivity index (χ0n) is 12.7. The van der Waals surface area contributed by atoms with E-state index in [0.717, 1.165) is 37.0 Å². The van der Waals surface area contributed by atoms with E-state index < -0.39 is 0 Å². The minimum absolute atomic E-state index is 0.0474. The van der Waals surface area contributed by atoms with Crippen molar-refractivity contribution in [3.63, 3.8) is 0 Å². The molecule has 1 amide bonds. The number of H-pyrrole nitrogens is 1. The molecule has 3 aliphatic rings. The second kappa shape index (κ2) is 5.28. The van der Waals surface area contributed by atoms with Crippen LogP contribution in [0.15, 0.2) is 24.3 Å². The Morgan fingerprint density at radius 1 is 1.23 bits per heavy atom. The number of likely N-dealkylation sites (N-methyl/N-ethyl adjacent to an activating group) is 1. The van der Waals surface area contributed by atoms with Crippen molar-refractivity contribution in [2.45, 2.75) is 18.9 Å². The number of hydrogen-bond donors (Lipinski definition) is 1. The molecule has 0 radical (unpaired) electrons. The summed E-state index contributed by atoms with van der Waals surface area (Å²) in [5.41, 5.74) is 1.46. The van der Waals surface area contributed by atoms with Crippen LogP contribution in [0, 0.1) is 5.92 Å². The molecule has 0 aliphatic carbocycles. The Morgan fingerprint density at radius 2 is 2.05 bits per heavy atom. The van der Waals surface area contributed by atoms with Crippen LogP contribution in [0.5, 0.6) is 0 Å². The van der Waals surface area contributed by atoms with Gasteiger partial charge in [0, 0.05) is 36.6 Å². The number of nitrogens with one attached hydrogen (secondary N) is 1. The predicted molar refractivity (Wildman–Crippen MR) is 88.4 cm³/mol. The van der Waals surface area contributed by atoms with Crippen LogP contribution in [-0.4, -0.2) is 53.4 Å². The summed E-state index contributed by atoms with van der Waals surface area (Å²) in [6.45, 7) is 2.89. The first-order chi connectivity index (χ1) is 10.6. The topological polar surface area (TPSA) is 39.3 Å². The SMILES string of the molecule is CN1C[C@H]2CC[C@@H](C1)N(C(=O)c1[nH]c3ccccc3c1Cl)C2. The fourth-order valence-corrected chi connectivity index (χ4v) is 4.26. The normalized spacial score (nSPS) is 25.6. The molecule has 3 saturated heterocycles. The highest BCUT2D eigenvalue weighted by molar-refractivity contribution is 6.38. The Hall–Kier alpha value is -1.52. The lowest BCUT2D eigenvalue weighted by Crippen LogP contribution is -2.47. The largest absolute Gasteiger partial charge is 0.349 e. The van der Waals surface area contributed by atoms with Crippen molar-refractivity contribution in [1.82, 2.24) is 14.8 Å². The summed E-state index contributed by atoms with van der Waals surface area (Å²) in [7, 11) is 2.15. The van der Waals surface area contributed by atoms with E-state index in [1.807, 2.05) is 29.2 Å². The fourth-order valence-electron chi connectivity index (χ4n) is 3.96. The maximum absolute atomic E-state index is 13.0. The number of carbonyl (C=O) groups excluding carboxylic acids is 1. The lowest BCUT2D eigenvalue weighted by Gasteiger charge is -2.36. The average molecular weight is 318 g/mol. The van der Waals surface area contributed by atoms with Gasteiger partial charge >= 0.3 is 0 Å². The second-order valence-corrected chi connectivity index (χ2v) is 7.01. The highest BCUT2D eigenvalue weighted by Gasteiger charge is 2.37. The molecule has 1 aromatic heterocycles. The van der Waals surface area contributed by atoms with Crippen molar-refractivity contribution in [3.05, 3.63) is 35.0 Å². The highest BCUT2D eigenvalue weighted by atomic mass is 35.5. The average Bonchev–Trinajstić information content (AvgIpc) is 2.65. The molecular formula is C17H20ClN3O. The summed E-state index contributed by atoms with van der Waals surface area (Å²) in [5, 5.41) is 1.47. The van der Waals surface area contributed by atoms with Crippen LogP contribution in [0.3, 0.4) is 0 Å². The van der Waals surface area contributed by atoms with E-state index in [4.69, 9.17) is 11.6 Å². The molecule has 1 N–H and O–H groups in total. The minimum atomic E-state index is 0.0474. The third-order valence-electron chi connectivity index (χ3n) is 5.01. The van der Waals surface area contributed by atoms with Crippen LogP contribution in [-0.2, 0) is 0 Å². The van der Waals surface area contributed by atoms with E-state index in [0.29, 0.717) is 22.7 Å². The zero-order chi connectivity index (χ0) is 15.3. The molecule has 4 nitrogen and oxygen atoms in total. The van der Waals surface area contributed by atoms with Gasteiger partial charge in [0.15, 0.2) is 0 Å². The van der Waals surface area contributed by atoms with Gasteiger partial charge in [0.1, 0.15) is 5.69 Å². The Kier molecular flexibility index (Phi) is 3.39. The summed E-state index contributed by atoms with van der Waals surface area (Å²) in [5.74, 6) is 0.627. The van der Waals surface area contributed by atoms with Crippen molar-refractivity contribution in [2.24, 2.45) is 5.92 Å². The highest BCUT2D eigenvalue weighted by Crippen LogP contribution is 2.32. The monoisotopic (exact) mass is 317 g/mol. The molecule has 0 saturated carbocycles. The Labute approximate surface area is 135 Å². The number of para-hydroxylation sites is 1. The molecule has 5 rings (SSSR count). The molecule has 3 fully saturated rings. The van der Waals surface area contributed by atoms with Crippen molar-refractivity contribution >= 4 is 28.4 Å². The molecule has 22 heavy (non-hydrogen) atoms. The van der Waals surface area contributed by atoms with Gasteiger partial charge in [0.2, 0.25) is 0 Å². The zero-order valence-corrected chi connectivity index (χ0v) is 13.4. The van der Waals surface area contributed by atoms with E-state index in [9.17, 15) is 4.79 Å². The van der Waals surface area contributed by atoms with Crippen molar-refractivity contribution in [1.29, 1.82) is 0 Å². The number of fused-ring (bicyclic) bond motifs is 5. The maximum Gasteiger partial charge on any atom is 0.272 e. The summed E-state index contributed by atoms with van der Waals surface area (Å²) < 4.78 is 0. The number of carbonyl (C=O) groups is 1. The number of piperidine rings is 1. The van der Waals surface area contributed by atoms with Gasteiger partial charge in [-0.3, -0.25) is 4.79 Å². The number of halogens is 1. The lowest BCUT2D eigenvalue weighted by atomic mass is 9.94. The third kappa shape index (κ3) is 2.22. The molecule has 0 spiro atoms. The van der Waals surface area contributed by atoms with Gasteiger partial charge in [-0.25, -0.2) is 0 Å². The number of nitrogens with zero attached hydrogens (tertiary/aromatic N) is 2. The van der Waals surface area contributed by atoms with E-state index >= 15 is 0 Å². The number of aromatic amines is 1. The minimum Gasteiger partial charge on any atom is -0.349 e. The van der Waals surface area contributed by atoms with Crippen LogP contribution >= 0.6 is 11.6 Å². The Bertz CT molecular complexity index is 726. The van der Waals surface area contributed by atoms with Gasteiger partial charge in [-0.15, -0.1) is 0 Å². The van der Waals surface area contributed by atoms with Gasteiger partial charge in [-0.1, -0.05) is 29.8 Å². The van der Waals surface area contributed by atoms with Crippen LogP contribution in [0.2, 0.25) is 5.02 Å². The molecule has 4 heterocycles. The van der Waals surface area contributed by atoms with E-state index in [-0.39, 0.29) is 5.91 Å². The van der Waals surface area contributed by atoms with Gasteiger partial charge in [0.25, 0.3) is 5.91 Å². The van der Waals surface area contributed by atoms with Gasteiger partial charge in [-0.2, -0.15) is 0 Å². The number of hydrogen-bond acceptors (Lipinski definition) is 2. The van der Waals surface area contributed by atoms with Gasteiger partial charge in [-0.05, 0) is 31.9 Å². The second-order valence-electron chi connectivity index (χ2n) is 6.64. The predicted octanol–water partition coefficient (Wildman–Crippen LogP) is 2.99. The van der Waals surface area contributed by atoms with E-state index in [2.05, 4.69) is 16.9 Å². The molecule has 1 aromatic carbocycles. The van der Waals surface area contributed by atoms with E-state index in [1.165, 1.54) is 6.42 Å². The number of amides is 1. The summed E-state index contributed by atoms with van der Waals surface area (Å²) in [6.07, 6.45) is 2.32. The van der Waals surface area contributed by atoms with Crippen LogP contribution in [0.25, 0.3) is 10.9 Å². The first-order valence-corrected chi connectivity index (χ1v) is 8.27. The summed E-state index contributed by atoms with van der Waals surface area (Å²) in [6, 6.07) is 8.11.